The lowest BCUT2D eigenvalue weighted by atomic mass is 9.99. The predicted octanol–water partition coefficient (Wildman–Crippen LogP) is 0.265. The summed E-state index contributed by atoms with van der Waals surface area (Å²) in [4.78, 5) is 22.3. The van der Waals surface area contributed by atoms with Crippen LogP contribution in [0.15, 0.2) is 0 Å². The van der Waals surface area contributed by atoms with Gasteiger partial charge in [-0.3, -0.25) is 4.79 Å². The molecule has 0 unspecified atom stereocenters. The minimum absolute atomic E-state index is 0.115. The van der Waals surface area contributed by atoms with E-state index in [4.69, 9.17) is 14.6 Å². The maximum absolute atomic E-state index is 11.4. The number of amides is 1. The molecular weight excluding hydrogens is 226 g/mol. The second-order valence-corrected chi connectivity index (χ2v) is 3.81. The molecule has 100 valence electrons. The monoisotopic (exact) mass is 247 g/mol. The van der Waals surface area contributed by atoms with E-state index in [1.165, 1.54) is 7.11 Å². The third-order valence-electron chi connectivity index (χ3n) is 2.46. The SMILES string of the molecule is CC[C@@H](C)[C@H](NC(=O)COCCOC)C(=O)O. The van der Waals surface area contributed by atoms with E-state index in [0.717, 1.165) is 0 Å². The predicted molar refractivity (Wildman–Crippen MR) is 61.7 cm³/mol. The molecule has 0 rings (SSSR count). The van der Waals surface area contributed by atoms with Gasteiger partial charge in [-0.05, 0) is 5.92 Å². The highest BCUT2D eigenvalue weighted by Crippen LogP contribution is 2.07. The number of aliphatic carboxylic acids is 1. The van der Waals surface area contributed by atoms with Crippen molar-refractivity contribution < 1.29 is 24.2 Å². The van der Waals surface area contributed by atoms with Gasteiger partial charge in [0.1, 0.15) is 12.6 Å². The van der Waals surface area contributed by atoms with Crippen molar-refractivity contribution in [2.24, 2.45) is 5.92 Å². The molecule has 0 aromatic rings. The Balaban J connectivity index is 4.00. The Kier molecular flexibility index (Phi) is 8.35. The summed E-state index contributed by atoms with van der Waals surface area (Å²) in [6.45, 7) is 4.22. The van der Waals surface area contributed by atoms with Gasteiger partial charge in [-0.15, -0.1) is 0 Å². The van der Waals surface area contributed by atoms with Crippen LogP contribution < -0.4 is 5.32 Å². The highest BCUT2D eigenvalue weighted by atomic mass is 16.5. The van der Waals surface area contributed by atoms with Crippen molar-refractivity contribution in [2.45, 2.75) is 26.3 Å². The fourth-order valence-electron chi connectivity index (χ4n) is 1.21. The minimum Gasteiger partial charge on any atom is -0.480 e. The maximum atomic E-state index is 11.4. The number of carbonyl (C=O) groups excluding carboxylic acids is 1. The summed E-state index contributed by atoms with van der Waals surface area (Å²) in [6, 6.07) is -0.862. The average molecular weight is 247 g/mol. The molecule has 1 amide bonds. The van der Waals surface area contributed by atoms with E-state index in [0.29, 0.717) is 19.6 Å². The van der Waals surface area contributed by atoms with Crippen LogP contribution in [0.3, 0.4) is 0 Å². The van der Waals surface area contributed by atoms with Crippen LogP contribution in [-0.4, -0.2) is 50.0 Å². The third kappa shape index (κ3) is 6.91. The van der Waals surface area contributed by atoms with E-state index < -0.39 is 17.9 Å². The van der Waals surface area contributed by atoms with Gasteiger partial charge in [0.15, 0.2) is 0 Å². The fraction of sp³-hybridized carbons (Fsp3) is 0.818. The number of hydrogen-bond acceptors (Lipinski definition) is 4. The van der Waals surface area contributed by atoms with Crippen molar-refractivity contribution in [3.05, 3.63) is 0 Å². The van der Waals surface area contributed by atoms with Crippen LogP contribution in [-0.2, 0) is 19.1 Å². The Labute approximate surface area is 101 Å². The molecule has 2 N–H and O–H groups in total. The van der Waals surface area contributed by atoms with E-state index in [9.17, 15) is 9.59 Å². The van der Waals surface area contributed by atoms with E-state index >= 15 is 0 Å². The molecule has 0 aromatic carbocycles. The molecule has 0 saturated heterocycles. The Morgan fingerprint density at radius 1 is 1.35 bits per heavy atom. The first-order chi connectivity index (χ1) is 8.02. The Morgan fingerprint density at radius 3 is 2.47 bits per heavy atom. The zero-order valence-electron chi connectivity index (χ0n) is 10.6. The van der Waals surface area contributed by atoms with Crippen LogP contribution >= 0.6 is 0 Å². The molecule has 6 heteroatoms. The number of rotatable bonds is 9. The standard InChI is InChI=1S/C11H21NO5/c1-4-8(2)10(11(14)15)12-9(13)7-17-6-5-16-3/h8,10H,4-7H2,1-3H3,(H,12,13)(H,14,15)/t8-,10+/m1/s1. The van der Waals surface area contributed by atoms with Crippen LogP contribution in [0.1, 0.15) is 20.3 Å². The topological polar surface area (TPSA) is 84.9 Å². The average Bonchev–Trinajstić information content (AvgIpc) is 2.30. The second-order valence-electron chi connectivity index (χ2n) is 3.81. The third-order valence-corrected chi connectivity index (χ3v) is 2.46. The molecule has 0 spiro atoms. The summed E-state index contributed by atoms with van der Waals surface area (Å²) in [6.07, 6.45) is 0.682. The van der Waals surface area contributed by atoms with Crippen molar-refractivity contribution in [3.63, 3.8) is 0 Å². The molecule has 0 aliphatic heterocycles. The van der Waals surface area contributed by atoms with Gasteiger partial charge in [-0.25, -0.2) is 4.79 Å². The first kappa shape index (κ1) is 15.9. The Morgan fingerprint density at radius 2 is 2.00 bits per heavy atom. The summed E-state index contributed by atoms with van der Waals surface area (Å²) in [7, 11) is 1.53. The zero-order chi connectivity index (χ0) is 13.3. The minimum atomic E-state index is -1.02. The van der Waals surface area contributed by atoms with Crippen LogP contribution in [0.2, 0.25) is 0 Å². The molecule has 0 radical (unpaired) electrons. The smallest absolute Gasteiger partial charge is 0.326 e. The molecule has 0 saturated carbocycles. The molecule has 0 heterocycles. The van der Waals surface area contributed by atoms with Gasteiger partial charge in [0.05, 0.1) is 13.2 Å². The number of carbonyl (C=O) groups is 2. The molecule has 0 bridgehead atoms. The lowest BCUT2D eigenvalue weighted by Gasteiger charge is -2.20. The molecule has 17 heavy (non-hydrogen) atoms. The number of carboxylic acid groups (broad SMARTS) is 1. The van der Waals surface area contributed by atoms with Crippen molar-refractivity contribution >= 4 is 11.9 Å². The maximum Gasteiger partial charge on any atom is 0.326 e. The summed E-state index contributed by atoms with van der Waals surface area (Å²) >= 11 is 0. The molecule has 0 aromatic heterocycles. The van der Waals surface area contributed by atoms with Crippen molar-refractivity contribution in [1.29, 1.82) is 0 Å². The van der Waals surface area contributed by atoms with Crippen LogP contribution in [0.4, 0.5) is 0 Å². The number of methoxy groups -OCH3 is 1. The van der Waals surface area contributed by atoms with Gasteiger partial charge in [0.25, 0.3) is 0 Å². The Bertz CT molecular complexity index is 244. The normalized spacial score (nSPS) is 14.1. The summed E-state index contributed by atoms with van der Waals surface area (Å²) in [5, 5.41) is 11.4. The van der Waals surface area contributed by atoms with Crippen molar-refractivity contribution in [3.8, 4) is 0 Å². The van der Waals surface area contributed by atoms with Gasteiger partial charge in [0, 0.05) is 7.11 Å². The van der Waals surface area contributed by atoms with E-state index in [1.54, 1.807) is 6.92 Å². The summed E-state index contributed by atoms with van der Waals surface area (Å²) in [5.41, 5.74) is 0. The number of ether oxygens (including phenoxy) is 2. The molecular formula is C11H21NO5. The quantitative estimate of drug-likeness (QED) is 0.571. The fourth-order valence-corrected chi connectivity index (χ4v) is 1.21. The molecule has 6 nitrogen and oxygen atoms in total. The largest absolute Gasteiger partial charge is 0.480 e. The number of hydrogen-bond donors (Lipinski definition) is 2. The van der Waals surface area contributed by atoms with Crippen molar-refractivity contribution in [1.82, 2.24) is 5.32 Å². The first-order valence-electron chi connectivity index (χ1n) is 5.61. The summed E-state index contributed by atoms with van der Waals surface area (Å²) < 4.78 is 9.75. The molecule has 0 aliphatic carbocycles. The molecule has 0 fully saturated rings. The van der Waals surface area contributed by atoms with Gasteiger partial charge in [-0.1, -0.05) is 20.3 Å². The summed E-state index contributed by atoms with van der Waals surface area (Å²) in [5.74, 6) is -1.56. The van der Waals surface area contributed by atoms with Crippen molar-refractivity contribution in [2.75, 3.05) is 26.9 Å². The van der Waals surface area contributed by atoms with Crippen LogP contribution in [0.25, 0.3) is 0 Å². The number of nitrogens with one attached hydrogen (secondary N) is 1. The number of carboxylic acids is 1. The van der Waals surface area contributed by atoms with E-state index in [2.05, 4.69) is 5.32 Å². The van der Waals surface area contributed by atoms with E-state index in [1.807, 2.05) is 6.92 Å². The first-order valence-corrected chi connectivity index (χ1v) is 5.61. The molecule has 0 aliphatic rings. The van der Waals surface area contributed by atoms with E-state index in [-0.39, 0.29) is 12.5 Å². The van der Waals surface area contributed by atoms with Crippen LogP contribution in [0, 0.1) is 5.92 Å². The lowest BCUT2D eigenvalue weighted by molar-refractivity contribution is -0.144. The lowest BCUT2D eigenvalue weighted by Crippen LogP contribution is -2.46. The van der Waals surface area contributed by atoms with Gasteiger partial charge in [0.2, 0.25) is 5.91 Å². The van der Waals surface area contributed by atoms with Gasteiger partial charge < -0.3 is 19.9 Å². The zero-order valence-corrected chi connectivity index (χ0v) is 10.6. The highest BCUT2D eigenvalue weighted by molar-refractivity contribution is 5.84. The van der Waals surface area contributed by atoms with Crippen LogP contribution in [0.5, 0.6) is 0 Å². The van der Waals surface area contributed by atoms with Gasteiger partial charge >= 0.3 is 5.97 Å². The Hall–Kier alpha value is -1.14. The highest BCUT2D eigenvalue weighted by Gasteiger charge is 2.24. The molecule has 2 atom stereocenters. The second kappa shape index (κ2) is 8.95. The van der Waals surface area contributed by atoms with Gasteiger partial charge in [-0.2, -0.15) is 0 Å².